The van der Waals surface area contributed by atoms with Gasteiger partial charge in [-0.3, -0.25) is 4.79 Å². The Balaban J connectivity index is 3.00. The minimum Gasteiger partial charge on any atom is -0.388 e. The SMILES string of the molecule is CC(=O)Nc1ccc(/C(N)=N/N=C\N)cc1F. The topological polar surface area (TPSA) is 106 Å². The summed E-state index contributed by atoms with van der Waals surface area (Å²) in [4.78, 5) is 10.8. The first kappa shape index (κ1) is 12.6. The molecule has 0 saturated heterocycles. The molecule has 90 valence electrons. The van der Waals surface area contributed by atoms with E-state index >= 15 is 0 Å². The summed E-state index contributed by atoms with van der Waals surface area (Å²) in [7, 11) is 0. The summed E-state index contributed by atoms with van der Waals surface area (Å²) >= 11 is 0. The van der Waals surface area contributed by atoms with Gasteiger partial charge in [-0.05, 0) is 18.2 Å². The second-order valence-corrected chi connectivity index (χ2v) is 3.13. The lowest BCUT2D eigenvalue weighted by Gasteiger charge is -2.05. The van der Waals surface area contributed by atoms with Crippen molar-refractivity contribution in [3.63, 3.8) is 0 Å². The fourth-order valence-electron chi connectivity index (χ4n) is 1.12. The molecule has 1 aromatic rings. The zero-order chi connectivity index (χ0) is 12.8. The number of anilines is 1. The zero-order valence-corrected chi connectivity index (χ0v) is 9.14. The van der Waals surface area contributed by atoms with Gasteiger partial charge < -0.3 is 16.8 Å². The summed E-state index contributed by atoms with van der Waals surface area (Å²) in [5.41, 5.74) is 10.9. The standard InChI is InChI=1S/C10H12FN5O/c1-6(17)15-9-3-2-7(4-8(9)11)10(13)16-14-5-12/h2-5H,1H3,(H2,12,14)(H2,13,16)(H,15,17). The Bertz CT molecular complexity index is 484. The Morgan fingerprint density at radius 2 is 2.24 bits per heavy atom. The highest BCUT2D eigenvalue weighted by Crippen LogP contribution is 2.15. The molecule has 1 aromatic carbocycles. The number of nitrogens with two attached hydrogens (primary N) is 2. The molecule has 0 bridgehead atoms. The molecular weight excluding hydrogens is 225 g/mol. The number of halogens is 1. The fourth-order valence-corrected chi connectivity index (χ4v) is 1.12. The Labute approximate surface area is 97.2 Å². The minimum absolute atomic E-state index is 0.0278. The van der Waals surface area contributed by atoms with Gasteiger partial charge in [0, 0.05) is 12.5 Å². The third-order valence-electron chi connectivity index (χ3n) is 1.81. The third kappa shape index (κ3) is 3.56. The first-order valence-corrected chi connectivity index (χ1v) is 4.68. The number of carbonyl (C=O) groups is 1. The maximum atomic E-state index is 13.5. The summed E-state index contributed by atoms with van der Waals surface area (Å²) in [6.45, 7) is 1.29. The van der Waals surface area contributed by atoms with Gasteiger partial charge in [0.25, 0.3) is 0 Å². The van der Waals surface area contributed by atoms with Crippen LogP contribution in [0.2, 0.25) is 0 Å². The van der Waals surface area contributed by atoms with Gasteiger partial charge in [0.05, 0.1) is 5.69 Å². The Morgan fingerprint density at radius 3 is 2.76 bits per heavy atom. The highest BCUT2D eigenvalue weighted by atomic mass is 19.1. The van der Waals surface area contributed by atoms with E-state index in [4.69, 9.17) is 11.5 Å². The van der Waals surface area contributed by atoms with Crippen LogP contribution in [0.25, 0.3) is 0 Å². The number of hydrogen-bond acceptors (Lipinski definition) is 3. The third-order valence-corrected chi connectivity index (χ3v) is 1.81. The van der Waals surface area contributed by atoms with Crippen molar-refractivity contribution in [2.45, 2.75) is 6.92 Å². The molecule has 0 spiro atoms. The first-order valence-electron chi connectivity index (χ1n) is 4.68. The average molecular weight is 237 g/mol. The number of amidine groups is 1. The molecule has 7 heteroatoms. The van der Waals surface area contributed by atoms with Gasteiger partial charge in [-0.15, -0.1) is 10.2 Å². The molecule has 0 aliphatic heterocycles. The number of carbonyl (C=O) groups excluding carboxylic acids is 1. The van der Waals surface area contributed by atoms with Crippen LogP contribution in [0, 0.1) is 5.82 Å². The van der Waals surface area contributed by atoms with Gasteiger partial charge >= 0.3 is 0 Å². The molecule has 0 saturated carbocycles. The van der Waals surface area contributed by atoms with Crippen LogP contribution in [0.15, 0.2) is 28.4 Å². The molecule has 1 amide bonds. The molecule has 17 heavy (non-hydrogen) atoms. The largest absolute Gasteiger partial charge is 0.388 e. The molecule has 0 fully saturated rings. The van der Waals surface area contributed by atoms with E-state index in [1.807, 2.05) is 0 Å². The van der Waals surface area contributed by atoms with E-state index in [-0.39, 0.29) is 17.4 Å². The van der Waals surface area contributed by atoms with Crippen molar-refractivity contribution < 1.29 is 9.18 Å². The van der Waals surface area contributed by atoms with E-state index < -0.39 is 5.82 Å². The monoisotopic (exact) mass is 237 g/mol. The van der Waals surface area contributed by atoms with Crippen LogP contribution in [0.3, 0.4) is 0 Å². The van der Waals surface area contributed by atoms with Crippen molar-refractivity contribution in [3.05, 3.63) is 29.6 Å². The van der Waals surface area contributed by atoms with E-state index in [9.17, 15) is 9.18 Å². The highest BCUT2D eigenvalue weighted by molar-refractivity contribution is 5.98. The van der Waals surface area contributed by atoms with Gasteiger partial charge in [0.15, 0.2) is 5.84 Å². The average Bonchev–Trinajstić information content (AvgIpc) is 2.28. The van der Waals surface area contributed by atoms with Gasteiger partial charge in [-0.25, -0.2) is 4.39 Å². The number of benzene rings is 1. The van der Waals surface area contributed by atoms with Gasteiger partial charge in [-0.1, -0.05) is 0 Å². The van der Waals surface area contributed by atoms with E-state index in [1.54, 1.807) is 0 Å². The normalized spacial score (nSPS) is 11.8. The molecule has 0 aromatic heterocycles. The van der Waals surface area contributed by atoms with Crippen LogP contribution in [-0.4, -0.2) is 18.1 Å². The second kappa shape index (κ2) is 5.59. The number of amides is 1. The van der Waals surface area contributed by atoms with Gasteiger partial charge in [0.2, 0.25) is 5.91 Å². The van der Waals surface area contributed by atoms with E-state index in [1.165, 1.54) is 19.1 Å². The predicted octanol–water partition coefficient (Wildman–Crippen LogP) is 0.391. The van der Waals surface area contributed by atoms with Crippen LogP contribution >= 0.6 is 0 Å². The predicted molar refractivity (Wildman–Crippen MR) is 64.1 cm³/mol. The van der Waals surface area contributed by atoms with Crippen LogP contribution in [-0.2, 0) is 4.79 Å². The van der Waals surface area contributed by atoms with E-state index in [2.05, 4.69) is 15.5 Å². The minimum atomic E-state index is -0.604. The lowest BCUT2D eigenvalue weighted by atomic mass is 10.2. The summed E-state index contributed by atoms with van der Waals surface area (Å²) in [6, 6.07) is 4.05. The van der Waals surface area contributed by atoms with Crippen molar-refractivity contribution in [3.8, 4) is 0 Å². The molecule has 0 unspecified atom stereocenters. The Morgan fingerprint density at radius 1 is 1.53 bits per heavy atom. The first-order chi connectivity index (χ1) is 8.04. The maximum absolute atomic E-state index is 13.5. The van der Waals surface area contributed by atoms with Crippen molar-refractivity contribution in [1.82, 2.24) is 0 Å². The molecule has 0 heterocycles. The summed E-state index contributed by atoms with van der Waals surface area (Å²) < 4.78 is 13.5. The van der Waals surface area contributed by atoms with Gasteiger partial charge in [-0.2, -0.15) is 0 Å². The molecule has 0 radical (unpaired) electrons. The number of hydrogen-bond donors (Lipinski definition) is 3. The summed E-state index contributed by atoms with van der Waals surface area (Å²) in [5, 5.41) is 9.24. The molecule has 0 atom stereocenters. The molecule has 5 N–H and O–H groups in total. The molecule has 1 rings (SSSR count). The maximum Gasteiger partial charge on any atom is 0.221 e. The smallest absolute Gasteiger partial charge is 0.221 e. The van der Waals surface area contributed by atoms with Crippen LogP contribution in [0.5, 0.6) is 0 Å². The molecular formula is C10H12FN5O. The lowest BCUT2D eigenvalue weighted by molar-refractivity contribution is -0.114. The van der Waals surface area contributed by atoms with Crippen molar-refractivity contribution in [2.75, 3.05) is 5.32 Å². The molecule has 0 aliphatic rings. The van der Waals surface area contributed by atoms with Crippen molar-refractivity contribution >= 4 is 23.8 Å². The van der Waals surface area contributed by atoms with Crippen LogP contribution in [0.1, 0.15) is 12.5 Å². The summed E-state index contributed by atoms with van der Waals surface area (Å²) in [6.07, 6.45) is 0.967. The second-order valence-electron chi connectivity index (χ2n) is 3.13. The fraction of sp³-hybridized carbons (Fsp3) is 0.100. The molecule has 6 nitrogen and oxygen atoms in total. The lowest BCUT2D eigenvalue weighted by Crippen LogP contribution is -2.14. The van der Waals surface area contributed by atoms with Crippen LogP contribution < -0.4 is 16.8 Å². The quantitative estimate of drug-likeness (QED) is 0.402. The van der Waals surface area contributed by atoms with Crippen LogP contribution in [0.4, 0.5) is 10.1 Å². The van der Waals surface area contributed by atoms with Crippen molar-refractivity contribution in [1.29, 1.82) is 0 Å². The number of nitrogens with one attached hydrogen (secondary N) is 1. The Kier molecular flexibility index (Phi) is 4.15. The van der Waals surface area contributed by atoms with E-state index in [0.717, 1.165) is 12.4 Å². The zero-order valence-electron chi connectivity index (χ0n) is 9.14. The molecule has 0 aliphatic carbocycles. The van der Waals surface area contributed by atoms with Gasteiger partial charge in [0.1, 0.15) is 12.2 Å². The number of rotatable bonds is 3. The van der Waals surface area contributed by atoms with Crippen molar-refractivity contribution in [2.24, 2.45) is 21.7 Å². The Hall–Kier alpha value is -2.44. The van der Waals surface area contributed by atoms with E-state index in [0.29, 0.717) is 5.56 Å². The number of nitrogens with zero attached hydrogens (tertiary/aromatic N) is 2. The summed E-state index contributed by atoms with van der Waals surface area (Å²) in [5.74, 6) is -0.932. The highest BCUT2D eigenvalue weighted by Gasteiger charge is 2.06.